The highest BCUT2D eigenvalue weighted by Gasteiger charge is 2.61. The Morgan fingerprint density at radius 2 is 1.73 bits per heavy atom. The van der Waals surface area contributed by atoms with Crippen molar-refractivity contribution in [2.24, 2.45) is 46.3 Å². The Morgan fingerprint density at radius 1 is 0.909 bits per heavy atom. The maximum Gasteiger partial charge on any atom is -0.0264 e. The van der Waals surface area contributed by atoms with Gasteiger partial charge in [0.1, 0.15) is 0 Å². The van der Waals surface area contributed by atoms with Gasteiger partial charge in [0.15, 0.2) is 0 Å². The molecule has 0 heteroatoms. The molecule has 0 aliphatic heterocycles. The van der Waals surface area contributed by atoms with Gasteiger partial charge in [-0.1, -0.05) is 47.0 Å². The van der Waals surface area contributed by atoms with Gasteiger partial charge < -0.3 is 0 Å². The minimum atomic E-state index is 0.680. The van der Waals surface area contributed by atoms with E-state index in [2.05, 4.69) is 27.7 Å². The molecule has 4 saturated carbocycles. The van der Waals surface area contributed by atoms with Crippen molar-refractivity contribution in [2.75, 3.05) is 0 Å². The Bertz CT molecular complexity index is 426. The Balaban J connectivity index is 1.72. The van der Waals surface area contributed by atoms with Crippen molar-refractivity contribution in [3.63, 3.8) is 0 Å². The summed E-state index contributed by atoms with van der Waals surface area (Å²) in [5, 5.41) is 0. The van der Waals surface area contributed by atoms with E-state index in [1.807, 2.05) is 0 Å². The lowest BCUT2D eigenvalue weighted by Gasteiger charge is -2.63. The van der Waals surface area contributed by atoms with Gasteiger partial charge in [-0.2, -0.15) is 0 Å². The fourth-order valence-corrected chi connectivity index (χ4v) is 8.35. The van der Waals surface area contributed by atoms with E-state index in [1.165, 1.54) is 25.7 Å². The van der Waals surface area contributed by atoms with Gasteiger partial charge in [0.25, 0.3) is 0 Å². The zero-order valence-corrected chi connectivity index (χ0v) is 15.5. The standard InChI is InChI=1S/C22H38/c1-5-16-14-22(4)15(2)9-12-19(22)18-11-10-17-8-6-7-13-21(17,3)20(16)18/h15-20H,5-14H2,1-4H3/t15?,16-,17?,18?,19?,20?,21-,22+/m0/s1. The number of rotatable bonds is 1. The molecule has 0 N–H and O–H groups in total. The monoisotopic (exact) mass is 302 g/mol. The summed E-state index contributed by atoms with van der Waals surface area (Å²) in [6.45, 7) is 10.5. The minimum absolute atomic E-state index is 0.680. The second-order valence-electron chi connectivity index (χ2n) is 10.2. The predicted molar refractivity (Wildman–Crippen MR) is 94.7 cm³/mol. The van der Waals surface area contributed by atoms with Crippen LogP contribution in [0.1, 0.15) is 91.9 Å². The van der Waals surface area contributed by atoms with E-state index in [-0.39, 0.29) is 0 Å². The summed E-state index contributed by atoms with van der Waals surface area (Å²) in [6.07, 6.45) is 15.3. The normalized spacial score (nSPS) is 57.8. The fraction of sp³-hybridized carbons (Fsp3) is 1.00. The summed E-state index contributed by atoms with van der Waals surface area (Å²) in [5.41, 5.74) is 1.38. The zero-order chi connectivity index (χ0) is 15.5. The highest BCUT2D eigenvalue weighted by Crippen LogP contribution is 2.69. The molecule has 4 rings (SSSR count). The van der Waals surface area contributed by atoms with Crippen LogP contribution in [0.2, 0.25) is 0 Å². The van der Waals surface area contributed by atoms with E-state index >= 15 is 0 Å². The Kier molecular flexibility index (Phi) is 3.70. The van der Waals surface area contributed by atoms with E-state index in [0.29, 0.717) is 10.8 Å². The van der Waals surface area contributed by atoms with E-state index in [4.69, 9.17) is 0 Å². The summed E-state index contributed by atoms with van der Waals surface area (Å²) >= 11 is 0. The van der Waals surface area contributed by atoms with Crippen molar-refractivity contribution < 1.29 is 0 Å². The Morgan fingerprint density at radius 3 is 2.50 bits per heavy atom. The quantitative estimate of drug-likeness (QED) is 0.506. The first-order chi connectivity index (χ1) is 10.5. The van der Waals surface area contributed by atoms with Gasteiger partial charge >= 0.3 is 0 Å². The van der Waals surface area contributed by atoms with Crippen LogP contribution >= 0.6 is 0 Å². The van der Waals surface area contributed by atoms with Crippen LogP contribution in [-0.4, -0.2) is 0 Å². The van der Waals surface area contributed by atoms with Gasteiger partial charge in [0, 0.05) is 0 Å². The van der Waals surface area contributed by atoms with E-state index in [1.54, 1.807) is 38.5 Å². The summed E-state index contributed by atoms with van der Waals surface area (Å²) in [5.74, 6) is 6.28. The maximum absolute atomic E-state index is 2.73. The van der Waals surface area contributed by atoms with Gasteiger partial charge in [-0.25, -0.2) is 0 Å². The SMILES string of the molecule is CC[C@H]1C[C@]2(C)C(C)CCC2C2CCC3CCCC[C@]3(C)C21. The summed E-state index contributed by atoms with van der Waals surface area (Å²) < 4.78 is 0. The third kappa shape index (κ3) is 1.94. The molecule has 8 atom stereocenters. The van der Waals surface area contributed by atoms with Crippen molar-refractivity contribution in [1.82, 2.24) is 0 Å². The zero-order valence-electron chi connectivity index (χ0n) is 15.5. The van der Waals surface area contributed by atoms with Crippen LogP contribution in [0.5, 0.6) is 0 Å². The van der Waals surface area contributed by atoms with E-state index in [9.17, 15) is 0 Å². The molecule has 0 heterocycles. The van der Waals surface area contributed by atoms with Gasteiger partial charge in [-0.05, 0) is 91.3 Å². The molecular weight excluding hydrogens is 264 g/mol. The third-order valence-electron chi connectivity index (χ3n) is 9.66. The Labute approximate surface area is 138 Å². The van der Waals surface area contributed by atoms with Crippen LogP contribution in [0, 0.1) is 46.3 Å². The second-order valence-corrected chi connectivity index (χ2v) is 10.2. The molecule has 0 aromatic heterocycles. The molecule has 0 amide bonds. The molecule has 4 aliphatic carbocycles. The summed E-state index contributed by atoms with van der Waals surface area (Å²) in [4.78, 5) is 0. The largest absolute Gasteiger partial charge is 0.0651 e. The summed E-state index contributed by atoms with van der Waals surface area (Å²) in [6, 6.07) is 0. The van der Waals surface area contributed by atoms with Crippen LogP contribution in [0.3, 0.4) is 0 Å². The molecular formula is C22H38. The lowest BCUT2D eigenvalue weighted by molar-refractivity contribution is -0.141. The first-order valence-corrected chi connectivity index (χ1v) is 10.5. The smallest absolute Gasteiger partial charge is 0.0264 e. The topological polar surface area (TPSA) is 0 Å². The molecule has 0 saturated heterocycles. The molecule has 0 radical (unpaired) electrons. The first-order valence-electron chi connectivity index (χ1n) is 10.5. The summed E-state index contributed by atoms with van der Waals surface area (Å²) in [7, 11) is 0. The van der Waals surface area contributed by atoms with Crippen molar-refractivity contribution in [1.29, 1.82) is 0 Å². The van der Waals surface area contributed by atoms with Crippen LogP contribution in [0.4, 0.5) is 0 Å². The first kappa shape index (κ1) is 15.5. The molecule has 5 unspecified atom stereocenters. The maximum atomic E-state index is 2.73. The molecule has 126 valence electrons. The lowest BCUT2D eigenvalue weighted by Crippen LogP contribution is -2.56. The van der Waals surface area contributed by atoms with Crippen molar-refractivity contribution in [2.45, 2.75) is 91.9 Å². The molecule has 4 aliphatic rings. The predicted octanol–water partition coefficient (Wildman–Crippen LogP) is 6.69. The third-order valence-corrected chi connectivity index (χ3v) is 9.66. The molecule has 0 aromatic carbocycles. The lowest BCUT2D eigenvalue weighted by atomic mass is 9.42. The highest BCUT2D eigenvalue weighted by atomic mass is 14.7. The van der Waals surface area contributed by atoms with Gasteiger partial charge in [0.05, 0.1) is 0 Å². The minimum Gasteiger partial charge on any atom is -0.0651 e. The van der Waals surface area contributed by atoms with E-state index in [0.717, 1.165) is 35.5 Å². The average Bonchev–Trinajstić information content (AvgIpc) is 2.81. The fourth-order valence-electron chi connectivity index (χ4n) is 8.35. The van der Waals surface area contributed by atoms with Crippen LogP contribution < -0.4 is 0 Å². The highest BCUT2D eigenvalue weighted by molar-refractivity contribution is 5.10. The van der Waals surface area contributed by atoms with Gasteiger partial charge in [-0.15, -0.1) is 0 Å². The molecule has 4 fully saturated rings. The van der Waals surface area contributed by atoms with Crippen LogP contribution in [-0.2, 0) is 0 Å². The molecule has 0 nitrogen and oxygen atoms in total. The number of hydrogen-bond acceptors (Lipinski definition) is 0. The van der Waals surface area contributed by atoms with Crippen molar-refractivity contribution >= 4 is 0 Å². The molecule has 22 heavy (non-hydrogen) atoms. The van der Waals surface area contributed by atoms with Gasteiger partial charge in [0.2, 0.25) is 0 Å². The van der Waals surface area contributed by atoms with E-state index < -0.39 is 0 Å². The second kappa shape index (κ2) is 5.25. The van der Waals surface area contributed by atoms with Crippen LogP contribution in [0.25, 0.3) is 0 Å². The number of fused-ring (bicyclic) bond motifs is 5. The average molecular weight is 303 g/mol. The number of hydrogen-bond donors (Lipinski definition) is 0. The van der Waals surface area contributed by atoms with Crippen molar-refractivity contribution in [3.05, 3.63) is 0 Å². The Hall–Kier alpha value is 0. The molecule has 0 spiro atoms. The van der Waals surface area contributed by atoms with Crippen LogP contribution in [0.15, 0.2) is 0 Å². The molecule has 0 bridgehead atoms. The molecule has 0 aromatic rings. The van der Waals surface area contributed by atoms with Gasteiger partial charge in [-0.3, -0.25) is 0 Å². The van der Waals surface area contributed by atoms with Crippen molar-refractivity contribution in [3.8, 4) is 0 Å².